The highest BCUT2D eigenvalue weighted by molar-refractivity contribution is 5.91. The molecule has 0 saturated carbocycles. The van der Waals surface area contributed by atoms with E-state index in [1.807, 2.05) is 0 Å². The average molecular weight is 326 g/mol. The molecule has 2 aromatic rings. The molecule has 24 heavy (non-hydrogen) atoms. The summed E-state index contributed by atoms with van der Waals surface area (Å²) in [6.07, 6.45) is 1.87. The molecule has 1 unspecified atom stereocenters. The van der Waals surface area contributed by atoms with Crippen LogP contribution in [0.1, 0.15) is 10.4 Å². The van der Waals surface area contributed by atoms with Crippen molar-refractivity contribution in [2.45, 2.75) is 6.10 Å². The molecule has 1 aliphatic heterocycles. The Labute approximate surface area is 140 Å². The van der Waals surface area contributed by atoms with Gasteiger partial charge in [-0.2, -0.15) is 0 Å². The number of hydrogen-bond donors (Lipinski definition) is 0. The van der Waals surface area contributed by atoms with Crippen molar-refractivity contribution in [2.24, 2.45) is 0 Å². The Morgan fingerprint density at radius 2 is 1.62 bits per heavy atom. The van der Waals surface area contributed by atoms with Gasteiger partial charge in [0.1, 0.15) is 36.6 Å². The third kappa shape index (κ3) is 4.60. The normalized spacial score (nSPS) is 15.4. The Hall–Kier alpha value is -2.79. The van der Waals surface area contributed by atoms with E-state index in [2.05, 4.69) is 6.58 Å². The van der Waals surface area contributed by atoms with Gasteiger partial charge in [0, 0.05) is 0 Å². The zero-order valence-corrected chi connectivity index (χ0v) is 13.1. The Kier molecular flexibility index (Phi) is 5.13. The van der Waals surface area contributed by atoms with E-state index in [4.69, 9.17) is 18.9 Å². The summed E-state index contributed by atoms with van der Waals surface area (Å²) in [6.45, 7) is 5.30. The molecule has 1 saturated heterocycles. The molecule has 2 aromatic carbocycles. The van der Waals surface area contributed by atoms with Crippen LogP contribution >= 0.6 is 0 Å². The maximum atomic E-state index is 12.1. The number of epoxide rings is 1. The van der Waals surface area contributed by atoms with E-state index in [0.29, 0.717) is 36.0 Å². The highest BCUT2D eigenvalue weighted by Gasteiger charge is 2.23. The lowest BCUT2D eigenvalue weighted by atomic mass is 10.2. The average Bonchev–Trinajstić information content (AvgIpc) is 3.44. The van der Waals surface area contributed by atoms with Crippen LogP contribution in [0.15, 0.2) is 61.2 Å². The maximum absolute atomic E-state index is 12.1. The van der Waals surface area contributed by atoms with Gasteiger partial charge in [0.2, 0.25) is 0 Å². The Morgan fingerprint density at radius 1 is 1.04 bits per heavy atom. The predicted molar refractivity (Wildman–Crippen MR) is 88.8 cm³/mol. The number of hydrogen-bond acceptors (Lipinski definition) is 5. The summed E-state index contributed by atoms with van der Waals surface area (Å²) in [6, 6.07) is 13.7. The maximum Gasteiger partial charge on any atom is 0.343 e. The molecule has 0 aromatic heterocycles. The number of ether oxygens (including phenoxy) is 4. The zero-order valence-electron chi connectivity index (χ0n) is 13.1. The number of benzene rings is 2. The second kappa shape index (κ2) is 7.66. The predicted octanol–water partition coefficient (Wildman–Crippen LogP) is 3.25. The third-order valence-corrected chi connectivity index (χ3v) is 3.33. The first kappa shape index (κ1) is 16.1. The number of esters is 1. The van der Waals surface area contributed by atoms with Crippen LogP contribution in [0.5, 0.6) is 17.2 Å². The summed E-state index contributed by atoms with van der Waals surface area (Å²) in [5.41, 5.74) is 0.451. The topological polar surface area (TPSA) is 57.3 Å². The SMILES string of the molecule is C=CCOc1ccc(C(=O)Oc2ccc(OCC3CO3)cc2)cc1. The fourth-order valence-electron chi connectivity index (χ4n) is 1.97. The summed E-state index contributed by atoms with van der Waals surface area (Å²) in [5.74, 6) is 1.42. The molecule has 124 valence electrons. The molecule has 1 fully saturated rings. The van der Waals surface area contributed by atoms with Crippen LogP contribution in [0.3, 0.4) is 0 Å². The van der Waals surface area contributed by atoms with Crippen molar-refractivity contribution in [2.75, 3.05) is 19.8 Å². The van der Waals surface area contributed by atoms with E-state index in [-0.39, 0.29) is 6.10 Å². The van der Waals surface area contributed by atoms with Gasteiger partial charge in [-0.25, -0.2) is 4.79 Å². The first-order chi connectivity index (χ1) is 11.7. The fraction of sp³-hybridized carbons (Fsp3) is 0.211. The third-order valence-electron chi connectivity index (χ3n) is 3.33. The highest BCUT2D eigenvalue weighted by Crippen LogP contribution is 2.21. The van der Waals surface area contributed by atoms with Crippen LogP contribution in [-0.4, -0.2) is 31.9 Å². The molecule has 1 atom stereocenters. The van der Waals surface area contributed by atoms with Crippen molar-refractivity contribution in [3.63, 3.8) is 0 Å². The van der Waals surface area contributed by atoms with Crippen LogP contribution < -0.4 is 14.2 Å². The molecular weight excluding hydrogens is 308 g/mol. The first-order valence-electron chi connectivity index (χ1n) is 7.65. The molecule has 0 amide bonds. The van der Waals surface area contributed by atoms with E-state index in [0.717, 1.165) is 6.61 Å². The van der Waals surface area contributed by atoms with E-state index in [1.54, 1.807) is 54.6 Å². The standard InChI is InChI=1S/C19H18O5/c1-2-11-21-15-5-3-14(4-6-15)19(20)24-17-9-7-16(8-10-17)22-12-18-13-23-18/h2-10,18H,1,11-13H2. The van der Waals surface area contributed by atoms with Gasteiger partial charge in [0.15, 0.2) is 0 Å². The van der Waals surface area contributed by atoms with Crippen molar-refractivity contribution < 1.29 is 23.7 Å². The lowest BCUT2D eigenvalue weighted by Gasteiger charge is -2.07. The van der Waals surface area contributed by atoms with Crippen LogP contribution in [0, 0.1) is 0 Å². The van der Waals surface area contributed by atoms with Gasteiger partial charge in [-0.1, -0.05) is 12.7 Å². The lowest BCUT2D eigenvalue weighted by Crippen LogP contribution is -2.08. The van der Waals surface area contributed by atoms with Gasteiger partial charge in [0.25, 0.3) is 0 Å². The van der Waals surface area contributed by atoms with Crippen molar-refractivity contribution in [1.82, 2.24) is 0 Å². The fourth-order valence-corrected chi connectivity index (χ4v) is 1.97. The molecule has 5 nitrogen and oxygen atoms in total. The molecule has 5 heteroatoms. The van der Waals surface area contributed by atoms with Gasteiger partial charge in [-0.05, 0) is 48.5 Å². The van der Waals surface area contributed by atoms with Gasteiger partial charge in [-0.15, -0.1) is 0 Å². The smallest absolute Gasteiger partial charge is 0.343 e. The van der Waals surface area contributed by atoms with E-state index in [9.17, 15) is 4.79 Å². The van der Waals surface area contributed by atoms with E-state index >= 15 is 0 Å². The molecule has 0 aliphatic carbocycles. The van der Waals surface area contributed by atoms with Crippen molar-refractivity contribution in [3.05, 3.63) is 66.7 Å². The summed E-state index contributed by atoms with van der Waals surface area (Å²) in [5, 5.41) is 0. The minimum absolute atomic E-state index is 0.209. The monoisotopic (exact) mass is 326 g/mol. The van der Waals surface area contributed by atoms with Gasteiger partial charge < -0.3 is 18.9 Å². The van der Waals surface area contributed by atoms with Crippen LogP contribution in [-0.2, 0) is 4.74 Å². The Balaban J connectivity index is 1.54. The van der Waals surface area contributed by atoms with Crippen LogP contribution in [0.25, 0.3) is 0 Å². The summed E-state index contributed by atoms with van der Waals surface area (Å²) in [4.78, 5) is 12.1. The number of rotatable bonds is 8. The van der Waals surface area contributed by atoms with E-state index < -0.39 is 5.97 Å². The lowest BCUT2D eigenvalue weighted by molar-refractivity contribution is 0.0734. The van der Waals surface area contributed by atoms with Crippen LogP contribution in [0.4, 0.5) is 0 Å². The number of carbonyl (C=O) groups excluding carboxylic acids is 1. The summed E-state index contributed by atoms with van der Waals surface area (Å²) in [7, 11) is 0. The largest absolute Gasteiger partial charge is 0.491 e. The second-order valence-electron chi connectivity index (χ2n) is 5.25. The van der Waals surface area contributed by atoms with Crippen LogP contribution in [0.2, 0.25) is 0 Å². The van der Waals surface area contributed by atoms with Crippen molar-refractivity contribution in [1.29, 1.82) is 0 Å². The van der Waals surface area contributed by atoms with Crippen molar-refractivity contribution >= 4 is 5.97 Å². The minimum atomic E-state index is -0.426. The first-order valence-corrected chi connectivity index (χ1v) is 7.65. The molecule has 3 rings (SSSR count). The highest BCUT2D eigenvalue weighted by atomic mass is 16.6. The minimum Gasteiger partial charge on any atom is -0.491 e. The molecule has 0 bridgehead atoms. The van der Waals surface area contributed by atoms with Gasteiger partial charge >= 0.3 is 5.97 Å². The molecule has 1 aliphatic rings. The Bertz CT molecular complexity index is 687. The van der Waals surface area contributed by atoms with Gasteiger partial charge in [-0.3, -0.25) is 0 Å². The quantitative estimate of drug-likeness (QED) is 0.322. The Morgan fingerprint density at radius 3 is 2.25 bits per heavy atom. The van der Waals surface area contributed by atoms with E-state index in [1.165, 1.54) is 0 Å². The second-order valence-corrected chi connectivity index (χ2v) is 5.25. The van der Waals surface area contributed by atoms with Crippen molar-refractivity contribution in [3.8, 4) is 17.2 Å². The van der Waals surface area contributed by atoms with Gasteiger partial charge in [0.05, 0.1) is 12.2 Å². The zero-order chi connectivity index (χ0) is 16.8. The molecular formula is C19H18O5. The molecule has 0 N–H and O–H groups in total. The summed E-state index contributed by atoms with van der Waals surface area (Å²) >= 11 is 0. The molecule has 0 spiro atoms. The molecule has 1 heterocycles. The summed E-state index contributed by atoms with van der Waals surface area (Å²) < 4.78 is 21.3. The molecule has 0 radical (unpaired) electrons. The number of carbonyl (C=O) groups is 1.